The number of para-hydroxylation sites is 1. The molecule has 1 aromatic carbocycles. The standard InChI is InChI=1S/C15H15BrO3/c1-15(2)8-9-4-3-5-10(13(9)19-15)12(17)14-11(16)6-7-18-14/h3-7,12,17H,8H2,1-2H3. The number of halogens is 1. The van der Waals surface area contributed by atoms with Gasteiger partial charge in [0.15, 0.2) is 5.76 Å². The summed E-state index contributed by atoms with van der Waals surface area (Å²) >= 11 is 3.37. The molecule has 4 heteroatoms. The maximum atomic E-state index is 10.5. The lowest BCUT2D eigenvalue weighted by Gasteiger charge is -2.19. The highest BCUT2D eigenvalue weighted by Gasteiger charge is 2.34. The molecule has 0 fully saturated rings. The molecule has 0 aliphatic carbocycles. The summed E-state index contributed by atoms with van der Waals surface area (Å²) in [6.07, 6.45) is 1.58. The molecule has 0 bridgehead atoms. The topological polar surface area (TPSA) is 42.6 Å². The molecule has 2 heterocycles. The van der Waals surface area contributed by atoms with Crippen LogP contribution in [0.1, 0.15) is 36.8 Å². The van der Waals surface area contributed by atoms with Gasteiger partial charge in [0.25, 0.3) is 0 Å². The van der Waals surface area contributed by atoms with E-state index in [4.69, 9.17) is 9.15 Å². The Morgan fingerprint density at radius 2 is 2.11 bits per heavy atom. The highest BCUT2D eigenvalue weighted by Crippen LogP contribution is 2.42. The van der Waals surface area contributed by atoms with Crippen molar-refractivity contribution in [2.24, 2.45) is 0 Å². The number of hydrogen-bond donors (Lipinski definition) is 1. The molecular weight excluding hydrogens is 308 g/mol. The molecule has 1 aromatic heterocycles. The first-order chi connectivity index (χ1) is 8.98. The third-order valence-corrected chi connectivity index (χ3v) is 3.96. The van der Waals surface area contributed by atoms with E-state index in [0.717, 1.165) is 27.8 Å². The van der Waals surface area contributed by atoms with E-state index >= 15 is 0 Å². The van der Waals surface area contributed by atoms with Gasteiger partial charge in [-0.1, -0.05) is 18.2 Å². The lowest BCUT2D eigenvalue weighted by molar-refractivity contribution is 0.128. The summed E-state index contributed by atoms with van der Waals surface area (Å²) in [5, 5.41) is 10.5. The minimum absolute atomic E-state index is 0.224. The van der Waals surface area contributed by atoms with E-state index in [1.807, 2.05) is 32.0 Å². The van der Waals surface area contributed by atoms with Crippen LogP contribution in [0.5, 0.6) is 5.75 Å². The molecule has 19 heavy (non-hydrogen) atoms. The fraction of sp³-hybridized carbons (Fsp3) is 0.333. The quantitative estimate of drug-likeness (QED) is 0.913. The van der Waals surface area contributed by atoms with Gasteiger partial charge in [0, 0.05) is 12.0 Å². The third-order valence-electron chi connectivity index (χ3n) is 3.31. The Balaban J connectivity index is 2.04. The molecule has 2 aromatic rings. The van der Waals surface area contributed by atoms with Gasteiger partial charge in [-0.25, -0.2) is 0 Å². The molecule has 0 spiro atoms. The molecule has 1 atom stereocenters. The average Bonchev–Trinajstić information content (AvgIpc) is 2.88. The number of benzene rings is 1. The van der Waals surface area contributed by atoms with Crippen LogP contribution in [0.25, 0.3) is 0 Å². The Morgan fingerprint density at radius 3 is 2.79 bits per heavy atom. The number of ether oxygens (including phenoxy) is 1. The Hall–Kier alpha value is -1.26. The highest BCUT2D eigenvalue weighted by atomic mass is 79.9. The fourth-order valence-corrected chi connectivity index (χ4v) is 2.91. The number of furan rings is 1. The zero-order valence-corrected chi connectivity index (χ0v) is 12.4. The van der Waals surface area contributed by atoms with Crippen LogP contribution in [0.2, 0.25) is 0 Å². The monoisotopic (exact) mass is 322 g/mol. The third kappa shape index (κ3) is 2.19. The molecule has 1 aliphatic rings. The lowest BCUT2D eigenvalue weighted by atomic mass is 9.98. The van der Waals surface area contributed by atoms with Crippen LogP contribution < -0.4 is 4.74 Å². The van der Waals surface area contributed by atoms with Crippen molar-refractivity contribution in [1.29, 1.82) is 0 Å². The largest absolute Gasteiger partial charge is 0.487 e. The van der Waals surface area contributed by atoms with Crippen LogP contribution in [-0.2, 0) is 6.42 Å². The van der Waals surface area contributed by atoms with Gasteiger partial charge in [-0.05, 0) is 41.4 Å². The summed E-state index contributed by atoms with van der Waals surface area (Å²) in [7, 11) is 0. The first kappa shape index (κ1) is 12.8. The second kappa shape index (κ2) is 4.39. The summed E-state index contributed by atoms with van der Waals surface area (Å²) in [5.74, 6) is 1.28. The van der Waals surface area contributed by atoms with Crippen LogP contribution in [0.15, 0.2) is 39.4 Å². The van der Waals surface area contributed by atoms with Gasteiger partial charge >= 0.3 is 0 Å². The van der Waals surface area contributed by atoms with Gasteiger partial charge in [-0.15, -0.1) is 0 Å². The van der Waals surface area contributed by atoms with E-state index in [0.29, 0.717) is 5.76 Å². The van der Waals surface area contributed by atoms with Crippen molar-refractivity contribution in [2.75, 3.05) is 0 Å². The number of hydrogen-bond acceptors (Lipinski definition) is 3. The van der Waals surface area contributed by atoms with Crippen molar-refractivity contribution < 1.29 is 14.3 Å². The van der Waals surface area contributed by atoms with Gasteiger partial charge in [0.1, 0.15) is 17.5 Å². The zero-order chi connectivity index (χ0) is 13.6. The van der Waals surface area contributed by atoms with Crippen molar-refractivity contribution in [3.63, 3.8) is 0 Å². The first-order valence-corrected chi connectivity index (χ1v) is 6.99. The smallest absolute Gasteiger partial charge is 0.151 e. The predicted octanol–water partition coefficient (Wildman–Crippen LogP) is 3.84. The molecule has 0 saturated heterocycles. The van der Waals surface area contributed by atoms with E-state index in [1.54, 1.807) is 12.3 Å². The molecule has 1 unspecified atom stereocenters. The number of fused-ring (bicyclic) bond motifs is 1. The number of aliphatic hydroxyl groups is 1. The normalized spacial score (nSPS) is 17.9. The van der Waals surface area contributed by atoms with Crippen molar-refractivity contribution in [3.8, 4) is 5.75 Å². The molecule has 3 rings (SSSR count). The van der Waals surface area contributed by atoms with E-state index in [9.17, 15) is 5.11 Å². The van der Waals surface area contributed by atoms with Gasteiger partial charge < -0.3 is 14.3 Å². The molecule has 0 amide bonds. The second-order valence-corrected chi connectivity index (χ2v) is 6.26. The molecular formula is C15H15BrO3. The minimum atomic E-state index is -0.826. The lowest BCUT2D eigenvalue weighted by Crippen LogP contribution is -2.25. The van der Waals surface area contributed by atoms with E-state index in [-0.39, 0.29) is 5.60 Å². The highest BCUT2D eigenvalue weighted by molar-refractivity contribution is 9.10. The maximum Gasteiger partial charge on any atom is 0.151 e. The Bertz CT molecular complexity index is 616. The summed E-state index contributed by atoms with van der Waals surface area (Å²) < 4.78 is 12.1. The molecule has 0 radical (unpaired) electrons. The fourth-order valence-electron chi connectivity index (χ4n) is 2.50. The Morgan fingerprint density at radius 1 is 1.32 bits per heavy atom. The Labute approximate surface area is 120 Å². The summed E-state index contributed by atoms with van der Waals surface area (Å²) in [4.78, 5) is 0. The van der Waals surface area contributed by atoms with Crippen molar-refractivity contribution in [3.05, 3.63) is 51.9 Å². The summed E-state index contributed by atoms with van der Waals surface area (Å²) in [6, 6.07) is 7.63. The van der Waals surface area contributed by atoms with E-state index < -0.39 is 6.10 Å². The van der Waals surface area contributed by atoms with Gasteiger partial charge in [0.2, 0.25) is 0 Å². The number of rotatable bonds is 2. The Kier molecular flexibility index (Phi) is 2.95. The van der Waals surface area contributed by atoms with Crippen LogP contribution in [0.4, 0.5) is 0 Å². The molecule has 3 nitrogen and oxygen atoms in total. The van der Waals surface area contributed by atoms with Crippen LogP contribution in [0, 0.1) is 0 Å². The van der Waals surface area contributed by atoms with Crippen LogP contribution >= 0.6 is 15.9 Å². The summed E-state index contributed by atoms with van der Waals surface area (Å²) in [6.45, 7) is 4.10. The van der Waals surface area contributed by atoms with E-state index in [1.165, 1.54) is 0 Å². The molecule has 0 saturated carbocycles. The predicted molar refractivity (Wildman–Crippen MR) is 75.3 cm³/mol. The number of aliphatic hydroxyl groups excluding tert-OH is 1. The molecule has 100 valence electrons. The summed E-state index contributed by atoms with van der Waals surface area (Å²) in [5.41, 5.74) is 1.65. The van der Waals surface area contributed by atoms with Crippen molar-refractivity contribution in [2.45, 2.75) is 32.0 Å². The van der Waals surface area contributed by atoms with Crippen LogP contribution in [-0.4, -0.2) is 10.7 Å². The van der Waals surface area contributed by atoms with Crippen molar-refractivity contribution in [1.82, 2.24) is 0 Å². The van der Waals surface area contributed by atoms with Crippen LogP contribution in [0.3, 0.4) is 0 Å². The molecule has 1 N–H and O–H groups in total. The zero-order valence-electron chi connectivity index (χ0n) is 10.8. The first-order valence-electron chi connectivity index (χ1n) is 6.20. The SMILES string of the molecule is CC1(C)Cc2cccc(C(O)c3occc3Br)c2O1. The van der Waals surface area contributed by atoms with Gasteiger partial charge in [0.05, 0.1) is 10.7 Å². The van der Waals surface area contributed by atoms with Gasteiger partial charge in [-0.3, -0.25) is 0 Å². The van der Waals surface area contributed by atoms with Crippen molar-refractivity contribution >= 4 is 15.9 Å². The average molecular weight is 323 g/mol. The van der Waals surface area contributed by atoms with Gasteiger partial charge in [-0.2, -0.15) is 0 Å². The second-order valence-electron chi connectivity index (χ2n) is 5.41. The molecule has 1 aliphatic heterocycles. The van der Waals surface area contributed by atoms with E-state index in [2.05, 4.69) is 15.9 Å². The minimum Gasteiger partial charge on any atom is -0.487 e. The maximum absolute atomic E-state index is 10.5.